The van der Waals surface area contributed by atoms with Crippen molar-refractivity contribution < 1.29 is 29.3 Å². The van der Waals surface area contributed by atoms with Crippen molar-refractivity contribution in [1.82, 2.24) is 9.80 Å². The minimum atomic E-state index is -0.780. The van der Waals surface area contributed by atoms with Crippen molar-refractivity contribution in [1.29, 1.82) is 0 Å². The molecule has 0 radical (unpaired) electrons. The van der Waals surface area contributed by atoms with Crippen molar-refractivity contribution in [3.63, 3.8) is 0 Å². The van der Waals surface area contributed by atoms with Crippen LogP contribution in [0.4, 0.5) is 4.79 Å². The van der Waals surface area contributed by atoms with Gasteiger partial charge in [0.25, 0.3) is 0 Å². The normalized spacial score (nSPS) is 21.0. The summed E-state index contributed by atoms with van der Waals surface area (Å²) in [5, 5.41) is 20.7. The number of cyclic esters (lactones) is 1. The molecule has 0 aromatic heterocycles. The number of hydrogen-bond acceptors (Lipinski definition) is 7. The Kier molecular flexibility index (Phi) is 6.16. The Morgan fingerprint density at radius 1 is 1.34 bits per heavy atom. The molecule has 29 heavy (non-hydrogen) atoms. The van der Waals surface area contributed by atoms with E-state index in [9.17, 15) is 19.8 Å². The van der Waals surface area contributed by atoms with E-state index in [1.165, 1.54) is 0 Å². The van der Waals surface area contributed by atoms with E-state index in [2.05, 4.69) is 0 Å². The van der Waals surface area contributed by atoms with Crippen LogP contribution in [0.1, 0.15) is 53.9 Å². The number of fused-ring (bicyclic) bond motifs is 1. The number of aliphatic hydroxyl groups excluding tert-OH is 2. The Balaban J connectivity index is 1.66. The molecule has 1 aromatic rings. The molecule has 8 heteroatoms. The van der Waals surface area contributed by atoms with Crippen molar-refractivity contribution >= 4 is 12.1 Å². The third-order valence-electron chi connectivity index (χ3n) is 5.44. The molecule has 2 atom stereocenters. The lowest BCUT2D eigenvalue weighted by atomic mass is 9.95. The van der Waals surface area contributed by atoms with Crippen LogP contribution in [0.15, 0.2) is 12.1 Å². The van der Waals surface area contributed by atoms with Crippen molar-refractivity contribution in [2.75, 3.05) is 32.8 Å². The smallest absolute Gasteiger partial charge is 0.410 e. The average Bonchev–Trinajstić information content (AvgIpc) is 3.02. The van der Waals surface area contributed by atoms with Crippen molar-refractivity contribution in [3.8, 4) is 0 Å². The van der Waals surface area contributed by atoms with Crippen molar-refractivity contribution in [3.05, 3.63) is 34.4 Å². The number of hydrogen-bond donors (Lipinski definition) is 2. The summed E-state index contributed by atoms with van der Waals surface area (Å²) in [6.45, 7) is 9.08. The fourth-order valence-electron chi connectivity index (χ4n) is 3.85. The third-order valence-corrected chi connectivity index (χ3v) is 5.44. The Labute approximate surface area is 171 Å². The standard InChI is InChI=1S/C21H30N2O6/c1-13-15(5-6-16-17(13)12-28-19(16)26)18(25)10-22-7-8-23(9-14(22)11-24)20(27)29-21(2,3)4/h5-6,14,18,24-25H,7-12H2,1-4H3/t14-,18?/m0/s1. The van der Waals surface area contributed by atoms with Gasteiger partial charge in [-0.25, -0.2) is 9.59 Å². The van der Waals surface area contributed by atoms with Crippen LogP contribution in [0, 0.1) is 6.92 Å². The number of carbonyl (C=O) groups is 2. The summed E-state index contributed by atoms with van der Waals surface area (Å²) in [5.74, 6) is -0.331. The summed E-state index contributed by atoms with van der Waals surface area (Å²) in [6, 6.07) is 3.17. The van der Waals surface area contributed by atoms with E-state index in [-0.39, 0.29) is 25.2 Å². The van der Waals surface area contributed by atoms with E-state index in [0.717, 1.165) is 16.7 Å². The molecule has 2 N–H and O–H groups in total. The zero-order chi connectivity index (χ0) is 21.3. The maximum atomic E-state index is 12.3. The lowest BCUT2D eigenvalue weighted by Gasteiger charge is -2.41. The van der Waals surface area contributed by atoms with Gasteiger partial charge >= 0.3 is 12.1 Å². The number of esters is 1. The molecule has 1 saturated heterocycles. The van der Waals surface area contributed by atoms with Crippen molar-refractivity contribution in [2.45, 2.75) is 52.0 Å². The summed E-state index contributed by atoms with van der Waals surface area (Å²) < 4.78 is 10.5. The SMILES string of the molecule is Cc1c(C(O)CN2CCN(C(=O)OC(C)(C)C)C[C@H]2CO)ccc2c1COC2=O. The first kappa shape index (κ1) is 21.5. The Bertz CT molecular complexity index is 788. The lowest BCUT2D eigenvalue weighted by molar-refractivity contribution is -0.0148. The highest BCUT2D eigenvalue weighted by Crippen LogP contribution is 2.30. The van der Waals surface area contributed by atoms with Gasteiger partial charge in [0, 0.05) is 31.7 Å². The number of ether oxygens (including phenoxy) is 2. The van der Waals surface area contributed by atoms with Crippen LogP contribution < -0.4 is 0 Å². The first-order valence-corrected chi connectivity index (χ1v) is 9.91. The molecule has 0 spiro atoms. The van der Waals surface area contributed by atoms with Crippen LogP contribution >= 0.6 is 0 Å². The van der Waals surface area contributed by atoms with Gasteiger partial charge in [-0.05, 0) is 44.9 Å². The fraction of sp³-hybridized carbons (Fsp3) is 0.619. The molecule has 1 aromatic carbocycles. The molecule has 160 valence electrons. The van der Waals surface area contributed by atoms with Crippen LogP contribution in [0.25, 0.3) is 0 Å². The van der Waals surface area contributed by atoms with Crippen molar-refractivity contribution in [2.24, 2.45) is 0 Å². The zero-order valence-corrected chi connectivity index (χ0v) is 17.5. The van der Waals surface area contributed by atoms with Gasteiger partial charge in [-0.1, -0.05) is 6.07 Å². The molecular weight excluding hydrogens is 376 g/mol. The van der Waals surface area contributed by atoms with Crippen LogP contribution in [0.3, 0.4) is 0 Å². The zero-order valence-electron chi connectivity index (χ0n) is 17.5. The second kappa shape index (κ2) is 8.30. The summed E-state index contributed by atoms with van der Waals surface area (Å²) in [5.41, 5.74) is 2.40. The molecule has 0 aliphatic carbocycles. The van der Waals surface area contributed by atoms with Crippen LogP contribution in [-0.4, -0.2) is 76.5 Å². The van der Waals surface area contributed by atoms with Gasteiger partial charge in [0.15, 0.2) is 0 Å². The first-order valence-electron chi connectivity index (χ1n) is 9.91. The van der Waals surface area contributed by atoms with Gasteiger partial charge in [0.05, 0.1) is 24.3 Å². The molecule has 1 unspecified atom stereocenters. The Morgan fingerprint density at radius 2 is 2.07 bits per heavy atom. The van der Waals surface area contributed by atoms with E-state index in [0.29, 0.717) is 31.7 Å². The number of piperazine rings is 1. The number of amides is 1. The minimum absolute atomic E-state index is 0.127. The molecule has 2 heterocycles. The van der Waals surface area contributed by atoms with Gasteiger partial charge in [-0.2, -0.15) is 0 Å². The third kappa shape index (κ3) is 4.71. The maximum Gasteiger partial charge on any atom is 0.410 e. The van der Waals surface area contributed by atoms with E-state index >= 15 is 0 Å². The summed E-state index contributed by atoms with van der Waals surface area (Å²) >= 11 is 0. The molecule has 1 amide bonds. The Morgan fingerprint density at radius 3 is 2.72 bits per heavy atom. The molecule has 0 saturated carbocycles. The summed E-state index contributed by atoms with van der Waals surface area (Å²) in [7, 11) is 0. The molecular formula is C21H30N2O6. The number of nitrogens with zero attached hydrogens (tertiary/aromatic N) is 2. The van der Waals surface area contributed by atoms with Gasteiger partial charge in [0.1, 0.15) is 12.2 Å². The molecule has 3 rings (SSSR count). The fourth-order valence-corrected chi connectivity index (χ4v) is 3.85. The summed E-state index contributed by atoms with van der Waals surface area (Å²) in [6.07, 6.45) is -1.17. The number of β-amino-alcohol motifs (C(OH)–C–C–N with tert-alkyl or cyclic N) is 1. The van der Waals surface area contributed by atoms with Crippen LogP contribution in [0.2, 0.25) is 0 Å². The second-order valence-electron chi connectivity index (χ2n) is 8.66. The van der Waals surface area contributed by atoms with E-state index in [4.69, 9.17) is 9.47 Å². The number of benzene rings is 1. The van der Waals surface area contributed by atoms with E-state index < -0.39 is 17.8 Å². The monoisotopic (exact) mass is 406 g/mol. The maximum absolute atomic E-state index is 12.3. The Hall–Kier alpha value is -2.16. The predicted octanol–water partition coefficient (Wildman–Crippen LogP) is 1.61. The van der Waals surface area contributed by atoms with Gasteiger partial charge in [-0.15, -0.1) is 0 Å². The predicted molar refractivity (Wildman–Crippen MR) is 106 cm³/mol. The minimum Gasteiger partial charge on any atom is -0.457 e. The number of aliphatic hydroxyl groups is 2. The molecule has 2 aliphatic rings. The largest absolute Gasteiger partial charge is 0.457 e. The summed E-state index contributed by atoms with van der Waals surface area (Å²) in [4.78, 5) is 27.6. The highest BCUT2D eigenvalue weighted by Gasteiger charge is 2.33. The van der Waals surface area contributed by atoms with Gasteiger partial charge in [-0.3, -0.25) is 4.90 Å². The quantitative estimate of drug-likeness (QED) is 0.733. The van der Waals surface area contributed by atoms with Crippen LogP contribution in [-0.2, 0) is 16.1 Å². The topological polar surface area (TPSA) is 99.5 Å². The average molecular weight is 406 g/mol. The van der Waals surface area contributed by atoms with E-state index in [1.54, 1.807) is 17.0 Å². The molecule has 8 nitrogen and oxygen atoms in total. The highest BCUT2D eigenvalue weighted by atomic mass is 16.6. The van der Waals surface area contributed by atoms with Gasteiger partial charge < -0.3 is 24.6 Å². The number of carbonyl (C=O) groups excluding carboxylic acids is 2. The first-order chi connectivity index (χ1) is 13.6. The van der Waals surface area contributed by atoms with E-state index in [1.807, 2.05) is 32.6 Å². The van der Waals surface area contributed by atoms with Gasteiger partial charge in [0.2, 0.25) is 0 Å². The molecule has 0 bridgehead atoms. The lowest BCUT2D eigenvalue weighted by Crippen LogP contribution is -2.57. The van der Waals surface area contributed by atoms with Crippen LogP contribution in [0.5, 0.6) is 0 Å². The molecule has 2 aliphatic heterocycles. The number of rotatable bonds is 4. The highest BCUT2D eigenvalue weighted by molar-refractivity contribution is 5.93. The molecule has 1 fully saturated rings. The second-order valence-corrected chi connectivity index (χ2v) is 8.66.